The topological polar surface area (TPSA) is 24.5 Å². The molecule has 0 spiro atoms. The van der Waals surface area contributed by atoms with Gasteiger partial charge >= 0.3 is 0 Å². The predicted molar refractivity (Wildman–Crippen MR) is 132 cm³/mol. The first-order chi connectivity index (χ1) is 14.6. The number of aryl methyl sites for hydroxylation is 1. The Bertz CT molecular complexity index is 775. The zero-order valence-electron chi connectivity index (χ0n) is 19.6. The highest BCUT2D eigenvalue weighted by atomic mass is 16.5. The number of nitrogens with one attached hydrogen (secondary N) is 1. The van der Waals surface area contributed by atoms with Gasteiger partial charge in [-0.15, -0.1) is 0 Å². The van der Waals surface area contributed by atoms with Crippen molar-refractivity contribution in [3.63, 3.8) is 0 Å². The standard InChI is InChI=1S/C27H40N2O/c1-6-9-17-25(28-5)23-20-22(4)27(30-24-15-13-12-14-16-24)26(21-23)29(18-10-7-2)19-11-8-3/h12-17,20-21,28H,6-11,18-19H2,1-5H3. The van der Waals surface area contributed by atoms with Gasteiger partial charge in [0.15, 0.2) is 5.75 Å². The van der Waals surface area contributed by atoms with Gasteiger partial charge in [-0.2, -0.15) is 0 Å². The zero-order chi connectivity index (χ0) is 21.8. The summed E-state index contributed by atoms with van der Waals surface area (Å²) in [6.45, 7) is 11.0. The third kappa shape index (κ3) is 6.83. The molecule has 0 fully saturated rings. The number of hydrogen-bond donors (Lipinski definition) is 1. The largest absolute Gasteiger partial charge is 0.455 e. The smallest absolute Gasteiger partial charge is 0.153 e. The maximum absolute atomic E-state index is 6.45. The van der Waals surface area contributed by atoms with Gasteiger partial charge in [0.05, 0.1) is 5.69 Å². The second-order valence-electron chi connectivity index (χ2n) is 7.91. The van der Waals surface area contributed by atoms with E-state index in [1.165, 1.54) is 48.2 Å². The second kappa shape index (κ2) is 13.0. The number of unbranched alkanes of at least 4 members (excludes halogenated alkanes) is 3. The van der Waals surface area contributed by atoms with Gasteiger partial charge in [-0.3, -0.25) is 0 Å². The molecule has 0 bridgehead atoms. The Morgan fingerprint density at radius 1 is 0.967 bits per heavy atom. The molecule has 0 aliphatic rings. The number of benzene rings is 2. The van der Waals surface area contributed by atoms with Gasteiger partial charge in [-0.1, -0.05) is 64.3 Å². The van der Waals surface area contributed by atoms with Crippen LogP contribution in [0.1, 0.15) is 70.4 Å². The van der Waals surface area contributed by atoms with Crippen molar-refractivity contribution in [3.05, 3.63) is 59.7 Å². The minimum atomic E-state index is 0.885. The first-order valence-corrected chi connectivity index (χ1v) is 11.6. The fourth-order valence-corrected chi connectivity index (χ4v) is 3.59. The molecule has 164 valence electrons. The van der Waals surface area contributed by atoms with E-state index in [2.05, 4.69) is 56.1 Å². The minimum Gasteiger partial charge on any atom is -0.455 e. The van der Waals surface area contributed by atoms with E-state index in [9.17, 15) is 0 Å². The minimum absolute atomic E-state index is 0.885. The molecule has 30 heavy (non-hydrogen) atoms. The van der Waals surface area contributed by atoms with Crippen LogP contribution in [0.25, 0.3) is 5.70 Å². The number of rotatable bonds is 13. The van der Waals surface area contributed by atoms with E-state index in [1.807, 2.05) is 37.4 Å². The van der Waals surface area contributed by atoms with Crippen LogP contribution in [0, 0.1) is 6.92 Å². The number of allylic oxidation sites excluding steroid dienone is 1. The van der Waals surface area contributed by atoms with Crippen molar-refractivity contribution in [2.45, 2.75) is 66.2 Å². The van der Waals surface area contributed by atoms with E-state index >= 15 is 0 Å². The van der Waals surface area contributed by atoms with Crippen LogP contribution < -0.4 is 15.0 Å². The van der Waals surface area contributed by atoms with Crippen molar-refractivity contribution in [3.8, 4) is 11.5 Å². The Morgan fingerprint density at radius 3 is 2.20 bits per heavy atom. The van der Waals surface area contributed by atoms with E-state index in [0.29, 0.717) is 0 Å². The molecule has 0 unspecified atom stereocenters. The lowest BCUT2D eigenvalue weighted by atomic mass is 10.0. The molecule has 3 heteroatoms. The summed E-state index contributed by atoms with van der Waals surface area (Å²) in [5, 5.41) is 3.40. The Morgan fingerprint density at radius 2 is 1.63 bits per heavy atom. The quantitative estimate of drug-likeness (QED) is 0.370. The van der Waals surface area contributed by atoms with E-state index in [4.69, 9.17) is 4.74 Å². The Hall–Kier alpha value is -2.42. The summed E-state index contributed by atoms with van der Waals surface area (Å²) in [6, 6.07) is 14.7. The second-order valence-corrected chi connectivity index (χ2v) is 7.91. The number of ether oxygens (including phenoxy) is 1. The van der Waals surface area contributed by atoms with Crippen LogP contribution in [0.3, 0.4) is 0 Å². The fraction of sp³-hybridized carbons (Fsp3) is 0.481. The van der Waals surface area contributed by atoms with E-state index in [-0.39, 0.29) is 0 Å². The molecule has 1 N–H and O–H groups in total. The van der Waals surface area contributed by atoms with Gasteiger partial charge in [-0.05, 0) is 61.6 Å². The van der Waals surface area contributed by atoms with Gasteiger partial charge in [-0.25, -0.2) is 0 Å². The summed E-state index contributed by atoms with van der Waals surface area (Å²) in [7, 11) is 2.01. The number of nitrogens with zero attached hydrogens (tertiary/aromatic N) is 1. The van der Waals surface area contributed by atoms with Crippen molar-refractivity contribution in [2.75, 3.05) is 25.0 Å². The lowest BCUT2D eigenvalue weighted by Gasteiger charge is -2.29. The van der Waals surface area contributed by atoms with Crippen LogP contribution >= 0.6 is 0 Å². The van der Waals surface area contributed by atoms with Gasteiger partial charge in [0, 0.05) is 25.8 Å². The Labute approximate surface area is 184 Å². The SMILES string of the molecule is CCCC=C(NC)c1cc(C)c(Oc2ccccc2)c(N(CCCC)CCCC)c1. The van der Waals surface area contributed by atoms with Crippen molar-refractivity contribution in [2.24, 2.45) is 0 Å². The molecule has 0 atom stereocenters. The molecule has 0 aliphatic heterocycles. The maximum Gasteiger partial charge on any atom is 0.153 e. The molecule has 2 aromatic carbocycles. The van der Waals surface area contributed by atoms with E-state index in [0.717, 1.165) is 37.4 Å². The monoisotopic (exact) mass is 408 g/mol. The van der Waals surface area contributed by atoms with Crippen LogP contribution in [0.4, 0.5) is 5.69 Å². The van der Waals surface area contributed by atoms with Crippen LogP contribution in [0.15, 0.2) is 48.5 Å². The highest BCUT2D eigenvalue weighted by Crippen LogP contribution is 2.38. The van der Waals surface area contributed by atoms with Crippen LogP contribution in [-0.4, -0.2) is 20.1 Å². The summed E-state index contributed by atoms with van der Waals surface area (Å²) < 4.78 is 6.45. The van der Waals surface area contributed by atoms with Gasteiger partial charge < -0.3 is 15.0 Å². The number of para-hydroxylation sites is 1. The zero-order valence-corrected chi connectivity index (χ0v) is 19.6. The lowest BCUT2D eigenvalue weighted by molar-refractivity contribution is 0.476. The molecule has 0 saturated heterocycles. The highest BCUT2D eigenvalue weighted by Gasteiger charge is 2.18. The van der Waals surface area contributed by atoms with Crippen LogP contribution in [-0.2, 0) is 0 Å². The van der Waals surface area contributed by atoms with E-state index < -0.39 is 0 Å². The van der Waals surface area contributed by atoms with Gasteiger partial charge in [0.2, 0.25) is 0 Å². The molecule has 0 radical (unpaired) electrons. The molecule has 0 heterocycles. The van der Waals surface area contributed by atoms with Crippen LogP contribution in [0.2, 0.25) is 0 Å². The Balaban J connectivity index is 2.55. The van der Waals surface area contributed by atoms with Crippen molar-refractivity contribution < 1.29 is 4.74 Å². The van der Waals surface area contributed by atoms with E-state index in [1.54, 1.807) is 0 Å². The predicted octanol–water partition coefficient (Wildman–Crippen LogP) is 7.55. The molecule has 0 aromatic heterocycles. The molecule has 0 saturated carbocycles. The van der Waals surface area contributed by atoms with Crippen molar-refractivity contribution in [1.82, 2.24) is 5.32 Å². The summed E-state index contributed by atoms with van der Waals surface area (Å²) in [5.41, 5.74) is 4.80. The lowest BCUT2D eigenvalue weighted by Crippen LogP contribution is -2.26. The van der Waals surface area contributed by atoms with Crippen molar-refractivity contribution >= 4 is 11.4 Å². The third-order valence-electron chi connectivity index (χ3n) is 5.34. The fourth-order valence-electron chi connectivity index (χ4n) is 3.59. The first kappa shape index (κ1) is 23.9. The third-order valence-corrected chi connectivity index (χ3v) is 5.34. The average molecular weight is 409 g/mol. The summed E-state index contributed by atoms with van der Waals surface area (Å²) in [4.78, 5) is 2.52. The summed E-state index contributed by atoms with van der Waals surface area (Å²) in [5.74, 6) is 1.86. The van der Waals surface area contributed by atoms with Crippen LogP contribution in [0.5, 0.6) is 11.5 Å². The molecule has 2 aromatic rings. The molecular formula is C27H40N2O. The molecule has 0 amide bonds. The van der Waals surface area contributed by atoms with Gasteiger partial charge in [0.1, 0.15) is 5.75 Å². The summed E-state index contributed by atoms with van der Waals surface area (Å²) in [6.07, 6.45) is 9.26. The Kier molecular flexibility index (Phi) is 10.3. The first-order valence-electron chi connectivity index (χ1n) is 11.6. The molecule has 3 nitrogen and oxygen atoms in total. The van der Waals surface area contributed by atoms with Crippen molar-refractivity contribution in [1.29, 1.82) is 0 Å². The highest BCUT2D eigenvalue weighted by molar-refractivity contribution is 5.74. The normalized spacial score (nSPS) is 11.4. The maximum atomic E-state index is 6.45. The number of anilines is 1. The average Bonchev–Trinajstić information content (AvgIpc) is 2.77. The molecule has 2 rings (SSSR count). The summed E-state index contributed by atoms with van der Waals surface area (Å²) >= 11 is 0. The molecular weight excluding hydrogens is 368 g/mol. The molecule has 0 aliphatic carbocycles. The number of hydrogen-bond acceptors (Lipinski definition) is 3. The van der Waals surface area contributed by atoms with Gasteiger partial charge in [0.25, 0.3) is 0 Å².